The number of aromatic carboxylic acids is 1. The van der Waals surface area contributed by atoms with E-state index in [2.05, 4.69) is 0 Å². The lowest BCUT2D eigenvalue weighted by Gasteiger charge is -2.09. The number of hydrogen-bond acceptors (Lipinski definition) is 3. The minimum Gasteiger partial charge on any atom is -0.506 e. The number of carboxylic acids is 1. The third-order valence-corrected chi connectivity index (χ3v) is 3.32. The summed E-state index contributed by atoms with van der Waals surface area (Å²) in [5, 5.41) is 19.6. The zero-order chi connectivity index (χ0) is 12.0. The largest absolute Gasteiger partial charge is 0.506 e. The van der Waals surface area contributed by atoms with E-state index in [-0.39, 0.29) is 11.3 Å². The fourth-order valence-electron chi connectivity index (χ4n) is 2.51. The first-order chi connectivity index (χ1) is 8.18. The minimum atomic E-state index is -1.12. The van der Waals surface area contributed by atoms with Gasteiger partial charge in [0, 0.05) is 12.0 Å². The molecule has 4 nitrogen and oxygen atoms in total. The number of rotatable bonds is 1. The van der Waals surface area contributed by atoms with Gasteiger partial charge in [-0.3, -0.25) is 0 Å². The van der Waals surface area contributed by atoms with Crippen molar-refractivity contribution in [2.45, 2.75) is 25.7 Å². The van der Waals surface area contributed by atoms with Gasteiger partial charge in [-0.1, -0.05) is 0 Å². The zero-order valence-corrected chi connectivity index (χ0v) is 9.19. The normalized spacial score (nSPS) is 14.8. The van der Waals surface area contributed by atoms with Crippen molar-refractivity contribution in [1.29, 1.82) is 0 Å². The predicted molar refractivity (Wildman–Crippen MR) is 61.5 cm³/mol. The van der Waals surface area contributed by atoms with Crippen molar-refractivity contribution in [1.82, 2.24) is 0 Å². The van der Waals surface area contributed by atoms with E-state index in [4.69, 9.17) is 9.52 Å². The highest BCUT2D eigenvalue weighted by molar-refractivity contribution is 6.00. The van der Waals surface area contributed by atoms with Crippen LogP contribution < -0.4 is 0 Å². The van der Waals surface area contributed by atoms with Gasteiger partial charge in [-0.25, -0.2) is 4.79 Å². The zero-order valence-electron chi connectivity index (χ0n) is 9.19. The summed E-state index contributed by atoms with van der Waals surface area (Å²) in [5.74, 6) is -0.388. The van der Waals surface area contributed by atoms with E-state index in [1.165, 1.54) is 6.07 Å². The first-order valence-corrected chi connectivity index (χ1v) is 5.68. The Hall–Kier alpha value is -1.97. The molecule has 0 saturated carbocycles. The predicted octanol–water partition coefficient (Wildman–Crippen LogP) is 2.72. The maximum atomic E-state index is 11.0. The quantitative estimate of drug-likeness (QED) is 0.793. The molecule has 0 radical (unpaired) electrons. The molecule has 0 atom stereocenters. The molecule has 88 valence electrons. The molecule has 2 aromatic rings. The Balaban J connectivity index is 2.34. The molecule has 0 spiro atoms. The van der Waals surface area contributed by atoms with Crippen LogP contribution in [0.2, 0.25) is 0 Å². The summed E-state index contributed by atoms with van der Waals surface area (Å²) < 4.78 is 5.65. The van der Waals surface area contributed by atoms with Crippen LogP contribution in [0.25, 0.3) is 11.0 Å². The van der Waals surface area contributed by atoms with Gasteiger partial charge in [0.15, 0.2) is 0 Å². The minimum absolute atomic E-state index is 0.0633. The second-order valence-corrected chi connectivity index (χ2v) is 4.35. The number of benzene rings is 1. The molecular weight excluding hydrogens is 220 g/mol. The van der Waals surface area contributed by atoms with Crippen molar-refractivity contribution >= 4 is 16.9 Å². The molecular formula is C13H12O4. The van der Waals surface area contributed by atoms with Crippen LogP contribution >= 0.6 is 0 Å². The Kier molecular flexibility index (Phi) is 2.11. The van der Waals surface area contributed by atoms with Gasteiger partial charge < -0.3 is 14.6 Å². The molecule has 1 aliphatic rings. The summed E-state index contributed by atoms with van der Waals surface area (Å²) in [5.41, 5.74) is 1.50. The average Bonchev–Trinajstić information content (AvgIpc) is 2.67. The van der Waals surface area contributed by atoms with Gasteiger partial charge in [0.05, 0.1) is 5.39 Å². The first-order valence-electron chi connectivity index (χ1n) is 5.68. The summed E-state index contributed by atoms with van der Waals surface area (Å²) in [6, 6.07) is 3.01. The van der Waals surface area contributed by atoms with Crippen LogP contribution in [-0.4, -0.2) is 16.2 Å². The Bertz CT molecular complexity index is 609. The first kappa shape index (κ1) is 10.2. The average molecular weight is 232 g/mol. The Morgan fingerprint density at radius 1 is 1.24 bits per heavy atom. The number of fused-ring (bicyclic) bond motifs is 3. The van der Waals surface area contributed by atoms with Gasteiger partial charge >= 0.3 is 5.97 Å². The fourth-order valence-corrected chi connectivity index (χ4v) is 2.51. The Morgan fingerprint density at radius 2 is 2.00 bits per heavy atom. The van der Waals surface area contributed by atoms with Crippen LogP contribution in [-0.2, 0) is 12.8 Å². The molecule has 1 heterocycles. The van der Waals surface area contributed by atoms with Gasteiger partial charge in [0.1, 0.15) is 22.7 Å². The highest BCUT2D eigenvalue weighted by Gasteiger charge is 2.23. The maximum absolute atomic E-state index is 11.0. The summed E-state index contributed by atoms with van der Waals surface area (Å²) >= 11 is 0. The number of aromatic hydroxyl groups is 1. The fraction of sp³-hybridized carbons (Fsp3) is 0.308. The summed E-state index contributed by atoms with van der Waals surface area (Å²) in [4.78, 5) is 11.0. The molecule has 1 aromatic carbocycles. The second-order valence-electron chi connectivity index (χ2n) is 4.35. The lowest BCUT2D eigenvalue weighted by atomic mass is 9.95. The molecule has 4 heteroatoms. The topological polar surface area (TPSA) is 70.7 Å². The number of carboxylic acid groups (broad SMARTS) is 1. The van der Waals surface area contributed by atoms with Gasteiger partial charge in [0.2, 0.25) is 0 Å². The molecule has 3 rings (SSSR count). The SMILES string of the molecule is O=C(O)c1ccc2oc3c(c2c1O)CCCC3. The molecule has 0 amide bonds. The van der Waals surface area contributed by atoms with Gasteiger partial charge in [-0.2, -0.15) is 0 Å². The lowest BCUT2D eigenvalue weighted by molar-refractivity contribution is 0.0694. The highest BCUT2D eigenvalue weighted by atomic mass is 16.4. The number of aryl methyl sites for hydroxylation is 2. The third kappa shape index (κ3) is 1.40. The molecule has 1 aliphatic carbocycles. The van der Waals surface area contributed by atoms with E-state index in [0.717, 1.165) is 37.0 Å². The van der Waals surface area contributed by atoms with Crippen molar-refractivity contribution in [2.75, 3.05) is 0 Å². The smallest absolute Gasteiger partial charge is 0.339 e. The number of carbonyl (C=O) groups is 1. The number of hydrogen-bond donors (Lipinski definition) is 2. The van der Waals surface area contributed by atoms with Gasteiger partial charge in [-0.05, 0) is 31.4 Å². The summed E-state index contributed by atoms with van der Waals surface area (Å²) in [6.45, 7) is 0. The monoisotopic (exact) mass is 232 g/mol. The maximum Gasteiger partial charge on any atom is 0.339 e. The van der Waals surface area contributed by atoms with E-state index < -0.39 is 5.97 Å². The van der Waals surface area contributed by atoms with Crippen LogP contribution in [0, 0.1) is 0 Å². The molecule has 1 aromatic heterocycles. The molecule has 17 heavy (non-hydrogen) atoms. The van der Waals surface area contributed by atoms with Crippen LogP contribution in [0.4, 0.5) is 0 Å². The standard InChI is InChI=1S/C13H12O4/c14-12-8(13(15)16)5-6-10-11(12)7-3-1-2-4-9(7)17-10/h5-6,14H,1-4H2,(H,15,16). The molecule has 0 unspecified atom stereocenters. The van der Waals surface area contributed by atoms with E-state index in [1.54, 1.807) is 6.07 Å². The molecule has 0 aliphatic heterocycles. The number of furan rings is 1. The molecule has 0 fully saturated rings. The van der Waals surface area contributed by atoms with Gasteiger partial charge in [-0.15, -0.1) is 0 Å². The summed E-state index contributed by atoms with van der Waals surface area (Å²) in [6.07, 6.45) is 3.85. The van der Waals surface area contributed by atoms with E-state index in [0.29, 0.717) is 11.0 Å². The second kappa shape index (κ2) is 3.52. The molecule has 2 N–H and O–H groups in total. The Labute approximate surface area is 97.5 Å². The van der Waals surface area contributed by atoms with E-state index >= 15 is 0 Å². The Morgan fingerprint density at radius 3 is 2.76 bits per heavy atom. The van der Waals surface area contributed by atoms with Crippen LogP contribution in [0.5, 0.6) is 5.75 Å². The van der Waals surface area contributed by atoms with Crippen LogP contribution in [0.15, 0.2) is 16.5 Å². The van der Waals surface area contributed by atoms with Crippen molar-refractivity contribution in [3.8, 4) is 5.75 Å². The summed E-state index contributed by atoms with van der Waals surface area (Å²) in [7, 11) is 0. The highest BCUT2D eigenvalue weighted by Crippen LogP contribution is 2.38. The molecule has 0 bridgehead atoms. The van der Waals surface area contributed by atoms with Crippen LogP contribution in [0.3, 0.4) is 0 Å². The van der Waals surface area contributed by atoms with Crippen molar-refractivity contribution in [2.24, 2.45) is 0 Å². The van der Waals surface area contributed by atoms with Crippen molar-refractivity contribution in [3.63, 3.8) is 0 Å². The van der Waals surface area contributed by atoms with Crippen LogP contribution in [0.1, 0.15) is 34.5 Å². The van der Waals surface area contributed by atoms with Crippen molar-refractivity contribution in [3.05, 3.63) is 29.0 Å². The van der Waals surface area contributed by atoms with E-state index in [9.17, 15) is 9.90 Å². The lowest BCUT2D eigenvalue weighted by Crippen LogP contribution is -2.00. The van der Waals surface area contributed by atoms with Crippen molar-refractivity contribution < 1.29 is 19.4 Å². The number of phenols is 1. The third-order valence-electron chi connectivity index (χ3n) is 3.32. The van der Waals surface area contributed by atoms with Gasteiger partial charge in [0.25, 0.3) is 0 Å². The molecule has 0 saturated heterocycles. The van der Waals surface area contributed by atoms with E-state index in [1.807, 2.05) is 0 Å².